The summed E-state index contributed by atoms with van der Waals surface area (Å²) in [5.74, 6) is 0.559. The minimum absolute atomic E-state index is 0.0652. The highest BCUT2D eigenvalue weighted by Crippen LogP contribution is 2.33. The summed E-state index contributed by atoms with van der Waals surface area (Å²) in [4.78, 5) is 18.1. The minimum Gasteiger partial charge on any atom is -0.494 e. The molecule has 35 heavy (non-hydrogen) atoms. The van der Waals surface area contributed by atoms with Gasteiger partial charge in [-0.3, -0.25) is 10.2 Å². The van der Waals surface area contributed by atoms with Gasteiger partial charge in [-0.1, -0.05) is 42.5 Å². The molecule has 2 aromatic carbocycles. The fourth-order valence-corrected chi connectivity index (χ4v) is 3.55. The molecule has 0 bridgehead atoms. The van der Waals surface area contributed by atoms with E-state index < -0.39 is 23.6 Å². The molecule has 0 aromatic heterocycles. The van der Waals surface area contributed by atoms with Crippen molar-refractivity contribution < 1.29 is 29.6 Å². The lowest BCUT2D eigenvalue weighted by atomic mass is 9.89. The first kappa shape index (κ1) is 26.4. The number of benzene rings is 2. The molecule has 0 radical (unpaired) electrons. The molecular weight excluding hydrogens is 450 g/mol. The van der Waals surface area contributed by atoms with Gasteiger partial charge in [0.2, 0.25) is 5.90 Å². The third kappa shape index (κ3) is 6.89. The highest BCUT2D eigenvalue weighted by molar-refractivity contribution is 6.00. The third-order valence-corrected chi connectivity index (χ3v) is 5.70. The topological polar surface area (TPSA) is 133 Å². The van der Waals surface area contributed by atoms with Crippen LogP contribution in [-0.2, 0) is 9.53 Å². The van der Waals surface area contributed by atoms with Gasteiger partial charge < -0.3 is 24.8 Å². The zero-order valence-electron chi connectivity index (χ0n) is 19.8. The van der Waals surface area contributed by atoms with E-state index in [-0.39, 0.29) is 26.2 Å². The average molecular weight is 484 g/mol. The van der Waals surface area contributed by atoms with Crippen LogP contribution in [0.1, 0.15) is 30.9 Å². The maximum Gasteiger partial charge on any atom is 0.266 e. The Hall–Kier alpha value is -3.24. The lowest BCUT2D eigenvalue weighted by Gasteiger charge is -2.28. The van der Waals surface area contributed by atoms with Gasteiger partial charge in [-0.2, -0.15) is 0 Å². The second-order valence-corrected chi connectivity index (χ2v) is 8.23. The summed E-state index contributed by atoms with van der Waals surface area (Å²) in [6.45, 7) is 1.58. The van der Waals surface area contributed by atoms with E-state index in [0.717, 1.165) is 5.56 Å². The summed E-state index contributed by atoms with van der Waals surface area (Å²) in [6.07, 6.45) is 4.04. The van der Waals surface area contributed by atoms with Crippen LogP contribution in [-0.4, -0.2) is 71.2 Å². The van der Waals surface area contributed by atoms with Crippen molar-refractivity contribution in [2.75, 3.05) is 26.4 Å². The number of hydrogen-bond donors (Lipinski definition) is 5. The molecule has 0 aliphatic carbocycles. The lowest BCUT2D eigenvalue weighted by Crippen LogP contribution is -2.57. The van der Waals surface area contributed by atoms with Crippen molar-refractivity contribution in [1.29, 1.82) is 0 Å². The van der Waals surface area contributed by atoms with Crippen LogP contribution in [0.2, 0.25) is 0 Å². The molecule has 5 N–H and O–H groups in total. The van der Waals surface area contributed by atoms with E-state index in [9.17, 15) is 15.0 Å². The predicted octanol–water partition coefficient (Wildman–Crippen LogP) is 1.43. The highest BCUT2D eigenvalue weighted by atomic mass is 16.5. The first-order chi connectivity index (χ1) is 17.0. The van der Waals surface area contributed by atoms with Gasteiger partial charge in [0.25, 0.3) is 5.91 Å². The highest BCUT2D eigenvalue weighted by Gasteiger charge is 2.49. The maximum atomic E-state index is 13.3. The molecule has 188 valence electrons. The van der Waals surface area contributed by atoms with E-state index in [1.165, 1.54) is 0 Å². The number of aliphatic hydroxyl groups is 3. The van der Waals surface area contributed by atoms with Gasteiger partial charge >= 0.3 is 0 Å². The fraction of sp³-hybridized carbons (Fsp3) is 0.385. The summed E-state index contributed by atoms with van der Waals surface area (Å²) < 4.78 is 11.6. The van der Waals surface area contributed by atoms with E-state index in [0.29, 0.717) is 30.2 Å². The molecular formula is C26H33N3O6. The number of rotatable bonds is 13. The quantitative estimate of drug-likeness (QED) is 0.215. The summed E-state index contributed by atoms with van der Waals surface area (Å²) in [7, 11) is 0. The van der Waals surface area contributed by atoms with Gasteiger partial charge in [-0.25, -0.2) is 10.4 Å². The Bertz CT molecular complexity index is 992. The summed E-state index contributed by atoms with van der Waals surface area (Å²) in [6, 6.07) is 16.2. The van der Waals surface area contributed by atoms with Gasteiger partial charge in [0.1, 0.15) is 11.9 Å². The molecule has 1 aliphatic rings. The van der Waals surface area contributed by atoms with Crippen LogP contribution in [0, 0.1) is 0 Å². The molecule has 0 fully saturated rings. The number of hydrogen-bond acceptors (Lipinski definition) is 8. The van der Waals surface area contributed by atoms with Crippen LogP contribution < -0.4 is 15.6 Å². The Morgan fingerprint density at radius 1 is 1.14 bits per heavy atom. The second kappa shape index (κ2) is 13.0. The zero-order chi connectivity index (χ0) is 25.1. The fourth-order valence-electron chi connectivity index (χ4n) is 3.55. The van der Waals surface area contributed by atoms with Crippen LogP contribution in [0.3, 0.4) is 0 Å². The van der Waals surface area contributed by atoms with Crippen LogP contribution in [0.5, 0.6) is 5.75 Å². The van der Waals surface area contributed by atoms with Gasteiger partial charge in [-0.05, 0) is 36.8 Å². The van der Waals surface area contributed by atoms with Crippen molar-refractivity contribution in [3.05, 3.63) is 71.8 Å². The number of hydrazine groups is 1. The molecule has 3 rings (SSSR count). The van der Waals surface area contributed by atoms with Crippen molar-refractivity contribution >= 4 is 17.9 Å². The third-order valence-electron chi connectivity index (χ3n) is 5.70. The number of ether oxygens (including phenoxy) is 2. The number of amides is 1. The van der Waals surface area contributed by atoms with Crippen LogP contribution in [0.25, 0.3) is 6.08 Å². The molecule has 2 atom stereocenters. The van der Waals surface area contributed by atoms with E-state index in [1.807, 2.05) is 42.5 Å². The molecule has 0 unspecified atom stereocenters. The molecule has 0 saturated heterocycles. The van der Waals surface area contributed by atoms with E-state index in [1.54, 1.807) is 31.2 Å². The largest absolute Gasteiger partial charge is 0.494 e. The number of aliphatic imine (C=N–C) groups is 1. The van der Waals surface area contributed by atoms with E-state index in [4.69, 9.17) is 19.6 Å². The molecule has 1 amide bonds. The Kier molecular flexibility index (Phi) is 9.80. The molecule has 9 heteroatoms. The van der Waals surface area contributed by atoms with Gasteiger partial charge in [-0.15, -0.1) is 0 Å². The normalized spacial score (nSPS) is 19.6. The van der Waals surface area contributed by atoms with Crippen molar-refractivity contribution in [3.8, 4) is 5.75 Å². The molecule has 0 saturated carbocycles. The molecule has 0 spiro atoms. The number of nitrogens with one attached hydrogen (secondary N) is 2. The van der Waals surface area contributed by atoms with Crippen molar-refractivity contribution in [1.82, 2.24) is 10.9 Å². The summed E-state index contributed by atoms with van der Waals surface area (Å²) in [5.41, 5.74) is 5.67. The van der Waals surface area contributed by atoms with Crippen LogP contribution >= 0.6 is 0 Å². The molecule has 1 heterocycles. The van der Waals surface area contributed by atoms with E-state index >= 15 is 0 Å². The number of carbonyl (C=O) groups excluding carboxylic acids is 1. The number of aliphatic hydroxyl groups excluding tert-OH is 3. The summed E-state index contributed by atoms with van der Waals surface area (Å²) >= 11 is 0. The van der Waals surface area contributed by atoms with Crippen molar-refractivity contribution in [3.63, 3.8) is 0 Å². The zero-order valence-corrected chi connectivity index (χ0v) is 19.8. The van der Waals surface area contributed by atoms with Crippen LogP contribution in [0.4, 0.5) is 0 Å². The second-order valence-electron chi connectivity index (χ2n) is 8.23. The summed E-state index contributed by atoms with van der Waals surface area (Å²) in [5, 5.41) is 27.5. The first-order valence-electron chi connectivity index (χ1n) is 11.6. The van der Waals surface area contributed by atoms with Gasteiger partial charge in [0, 0.05) is 25.0 Å². The molecule has 1 aliphatic heterocycles. The number of nitrogens with zero attached hydrogens (tertiary/aromatic N) is 1. The molecule has 9 nitrogen and oxygen atoms in total. The van der Waals surface area contributed by atoms with Gasteiger partial charge in [0.05, 0.1) is 25.9 Å². The van der Waals surface area contributed by atoms with Gasteiger partial charge in [0.15, 0.2) is 5.54 Å². The standard InChI is InChI=1S/C26H33N3O6/c1-19-26(25(33)29-28-22(17-31)18-32,14-5-9-20-7-3-2-4-8-20)27-24(35-19)21-10-12-23(13-11-21)34-16-6-15-30/h2-5,7-13,19,22,28,30-32H,6,14-18H2,1H3,(H,29,33)/b9-5+/t19-,26-/m0/s1. The maximum absolute atomic E-state index is 13.3. The molecule has 2 aromatic rings. The Labute approximate surface area is 205 Å². The first-order valence-corrected chi connectivity index (χ1v) is 11.6. The average Bonchev–Trinajstić information content (AvgIpc) is 3.23. The SMILES string of the molecule is C[C@@H]1OC(c2ccc(OCCCO)cc2)=N[C@]1(C/C=C/c1ccccc1)C(=O)NNC(CO)CO. The minimum atomic E-state index is -1.26. The monoisotopic (exact) mass is 483 g/mol. The Balaban J connectivity index is 1.83. The number of carbonyl (C=O) groups is 1. The van der Waals surface area contributed by atoms with Crippen molar-refractivity contribution in [2.45, 2.75) is 37.5 Å². The Morgan fingerprint density at radius 3 is 2.51 bits per heavy atom. The smallest absolute Gasteiger partial charge is 0.266 e. The van der Waals surface area contributed by atoms with Crippen molar-refractivity contribution in [2.24, 2.45) is 4.99 Å². The Morgan fingerprint density at radius 2 is 1.86 bits per heavy atom. The lowest BCUT2D eigenvalue weighted by molar-refractivity contribution is -0.129. The predicted molar refractivity (Wildman–Crippen MR) is 133 cm³/mol. The van der Waals surface area contributed by atoms with Crippen LogP contribution in [0.15, 0.2) is 65.7 Å². The van der Waals surface area contributed by atoms with E-state index in [2.05, 4.69) is 10.9 Å².